The SMILES string of the molecule is CC(C)N(C(=O)CNC(c1ccccc1)c1ccccc1)c1ccccc1. The van der Waals surface area contributed by atoms with E-state index in [0.29, 0.717) is 0 Å². The first-order chi connectivity index (χ1) is 13.2. The second-order valence-corrected chi connectivity index (χ2v) is 6.83. The lowest BCUT2D eigenvalue weighted by Gasteiger charge is -2.28. The van der Waals surface area contributed by atoms with Gasteiger partial charge in [0.1, 0.15) is 0 Å². The van der Waals surface area contributed by atoms with Gasteiger partial charge in [-0.1, -0.05) is 78.9 Å². The molecule has 0 fully saturated rings. The zero-order valence-electron chi connectivity index (χ0n) is 15.9. The van der Waals surface area contributed by atoms with Crippen molar-refractivity contribution in [2.24, 2.45) is 0 Å². The normalized spacial score (nSPS) is 11.0. The smallest absolute Gasteiger partial charge is 0.241 e. The van der Waals surface area contributed by atoms with E-state index in [1.165, 1.54) is 0 Å². The Morgan fingerprint density at radius 2 is 1.22 bits per heavy atom. The molecule has 1 N–H and O–H groups in total. The van der Waals surface area contributed by atoms with E-state index in [-0.39, 0.29) is 24.5 Å². The highest BCUT2D eigenvalue weighted by molar-refractivity contribution is 5.95. The van der Waals surface area contributed by atoms with Crippen LogP contribution in [0, 0.1) is 0 Å². The van der Waals surface area contributed by atoms with Crippen LogP contribution in [0.4, 0.5) is 5.69 Å². The van der Waals surface area contributed by atoms with Crippen LogP contribution in [0.15, 0.2) is 91.0 Å². The Balaban J connectivity index is 1.79. The topological polar surface area (TPSA) is 32.3 Å². The summed E-state index contributed by atoms with van der Waals surface area (Å²) in [6.07, 6.45) is 0. The van der Waals surface area contributed by atoms with Gasteiger partial charge >= 0.3 is 0 Å². The van der Waals surface area contributed by atoms with Gasteiger partial charge in [-0.15, -0.1) is 0 Å². The molecule has 3 rings (SSSR count). The summed E-state index contributed by atoms with van der Waals surface area (Å²) in [6.45, 7) is 4.34. The first-order valence-electron chi connectivity index (χ1n) is 9.37. The number of carbonyl (C=O) groups is 1. The number of para-hydroxylation sites is 1. The van der Waals surface area contributed by atoms with Crippen molar-refractivity contribution < 1.29 is 4.79 Å². The summed E-state index contributed by atoms with van der Waals surface area (Å²) in [6, 6.07) is 30.4. The van der Waals surface area contributed by atoms with Crippen LogP contribution in [0.1, 0.15) is 31.0 Å². The number of hydrogen-bond donors (Lipinski definition) is 1. The fourth-order valence-corrected chi connectivity index (χ4v) is 3.31. The monoisotopic (exact) mass is 358 g/mol. The molecular formula is C24H26N2O. The molecule has 3 nitrogen and oxygen atoms in total. The third-order valence-corrected chi connectivity index (χ3v) is 4.54. The predicted molar refractivity (Wildman–Crippen MR) is 112 cm³/mol. The number of benzene rings is 3. The maximum atomic E-state index is 13.0. The fraction of sp³-hybridized carbons (Fsp3) is 0.208. The average molecular weight is 358 g/mol. The Hall–Kier alpha value is -2.91. The minimum atomic E-state index is -0.0267. The van der Waals surface area contributed by atoms with E-state index >= 15 is 0 Å². The van der Waals surface area contributed by atoms with Gasteiger partial charge < -0.3 is 4.90 Å². The highest BCUT2D eigenvalue weighted by Crippen LogP contribution is 2.22. The molecule has 138 valence electrons. The predicted octanol–water partition coefficient (Wildman–Crippen LogP) is 4.81. The Labute approximate surface area is 161 Å². The number of rotatable bonds is 7. The van der Waals surface area contributed by atoms with Gasteiger partial charge in [0.2, 0.25) is 5.91 Å². The molecule has 0 atom stereocenters. The van der Waals surface area contributed by atoms with Crippen molar-refractivity contribution in [3.63, 3.8) is 0 Å². The van der Waals surface area contributed by atoms with Crippen molar-refractivity contribution in [3.8, 4) is 0 Å². The molecule has 0 unspecified atom stereocenters. The van der Waals surface area contributed by atoms with Crippen molar-refractivity contribution in [3.05, 3.63) is 102 Å². The quantitative estimate of drug-likeness (QED) is 0.657. The van der Waals surface area contributed by atoms with Gasteiger partial charge in [0, 0.05) is 11.7 Å². The Bertz CT molecular complexity index is 793. The summed E-state index contributed by atoms with van der Waals surface area (Å²) in [7, 11) is 0. The van der Waals surface area contributed by atoms with Gasteiger partial charge in [-0.2, -0.15) is 0 Å². The first kappa shape index (κ1) is 18.9. The second-order valence-electron chi connectivity index (χ2n) is 6.83. The summed E-state index contributed by atoms with van der Waals surface area (Å²) in [4.78, 5) is 14.9. The molecule has 0 radical (unpaired) electrons. The fourth-order valence-electron chi connectivity index (χ4n) is 3.31. The maximum absolute atomic E-state index is 13.0. The van der Waals surface area contributed by atoms with Crippen LogP contribution in [0.25, 0.3) is 0 Å². The zero-order chi connectivity index (χ0) is 19.1. The van der Waals surface area contributed by atoms with Crippen LogP contribution in [-0.2, 0) is 4.79 Å². The molecule has 3 aromatic carbocycles. The van der Waals surface area contributed by atoms with Crippen LogP contribution in [-0.4, -0.2) is 18.5 Å². The largest absolute Gasteiger partial charge is 0.309 e. The van der Waals surface area contributed by atoms with Crippen molar-refractivity contribution in [1.29, 1.82) is 0 Å². The van der Waals surface area contributed by atoms with E-state index in [4.69, 9.17) is 0 Å². The highest BCUT2D eigenvalue weighted by atomic mass is 16.2. The third kappa shape index (κ3) is 4.83. The van der Waals surface area contributed by atoms with E-state index < -0.39 is 0 Å². The van der Waals surface area contributed by atoms with Crippen LogP contribution in [0.3, 0.4) is 0 Å². The Morgan fingerprint density at radius 1 is 0.778 bits per heavy atom. The number of amides is 1. The van der Waals surface area contributed by atoms with E-state index in [1.54, 1.807) is 0 Å². The minimum Gasteiger partial charge on any atom is -0.309 e. The molecule has 0 aliphatic rings. The summed E-state index contributed by atoms with van der Waals surface area (Å²) in [5.74, 6) is 0.0630. The van der Waals surface area contributed by atoms with Gasteiger partial charge in [-0.25, -0.2) is 0 Å². The van der Waals surface area contributed by atoms with Gasteiger partial charge in [-0.3, -0.25) is 10.1 Å². The van der Waals surface area contributed by atoms with Gasteiger partial charge in [0.15, 0.2) is 0 Å². The molecule has 0 bridgehead atoms. The van der Waals surface area contributed by atoms with E-state index in [1.807, 2.05) is 85.5 Å². The molecule has 0 heterocycles. The number of nitrogens with one attached hydrogen (secondary N) is 1. The summed E-state index contributed by atoms with van der Waals surface area (Å²) in [5, 5.41) is 3.47. The molecule has 0 saturated heterocycles. The first-order valence-corrected chi connectivity index (χ1v) is 9.37. The number of nitrogens with zero attached hydrogens (tertiary/aromatic N) is 1. The van der Waals surface area contributed by atoms with Crippen LogP contribution in [0.5, 0.6) is 0 Å². The van der Waals surface area contributed by atoms with Gasteiger partial charge in [-0.05, 0) is 37.1 Å². The Kier molecular flexibility index (Phi) is 6.39. The summed E-state index contributed by atoms with van der Waals surface area (Å²) in [5.41, 5.74) is 3.22. The summed E-state index contributed by atoms with van der Waals surface area (Å²) < 4.78 is 0. The number of carbonyl (C=O) groups excluding carboxylic acids is 1. The molecule has 0 spiro atoms. The molecule has 0 saturated carbocycles. The molecule has 1 amide bonds. The molecule has 3 heteroatoms. The van der Waals surface area contributed by atoms with E-state index in [2.05, 4.69) is 29.6 Å². The van der Waals surface area contributed by atoms with Crippen molar-refractivity contribution >= 4 is 11.6 Å². The lowest BCUT2D eigenvalue weighted by molar-refractivity contribution is -0.118. The standard InChI is InChI=1S/C24H26N2O/c1-19(2)26(22-16-10-5-11-17-22)23(27)18-25-24(20-12-6-3-7-13-20)21-14-8-4-9-15-21/h3-17,19,24-25H,18H2,1-2H3. The Morgan fingerprint density at radius 3 is 1.67 bits per heavy atom. The van der Waals surface area contributed by atoms with E-state index in [0.717, 1.165) is 16.8 Å². The average Bonchev–Trinajstić information content (AvgIpc) is 2.70. The van der Waals surface area contributed by atoms with Gasteiger partial charge in [0.05, 0.1) is 12.6 Å². The number of hydrogen-bond acceptors (Lipinski definition) is 2. The van der Waals surface area contributed by atoms with Crippen LogP contribution >= 0.6 is 0 Å². The molecule has 3 aromatic rings. The third-order valence-electron chi connectivity index (χ3n) is 4.54. The van der Waals surface area contributed by atoms with Crippen molar-refractivity contribution in [2.75, 3.05) is 11.4 Å². The molecule has 0 aliphatic heterocycles. The van der Waals surface area contributed by atoms with Crippen LogP contribution in [0.2, 0.25) is 0 Å². The summed E-state index contributed by atoms with van der Waals surface area (Å²) >= 11 is 0. The van der Waals surface area contributed by atoms with Crippen LogP contribution < -0.4 is 10.2 Å². The van der Waals surface area contributed by atoms with Crippen molar-refractivity contribution in [2.45, 2.75) is 25.9 Å². The molecular weight excluding hydrogens is 332 g/mol. The van der Waals surface area contributed by atoms with Gasteiger partial charge in [0.25, 0.3) is 0 Å². The molecule has 0 aromatic heterocycles. The molecule has 27 heavy (non-hydrogen) atoms. The van der Waals surface area contributed by atoms with E-state index in [9.17, 15) is 4.79 Å². The minimum absolute atomic E-state index is 0.0267. The lowest BCUT2D eigenvalue weighted by Crippen LogP contribution is -2.43. The highest BCUT2D eigenvalue weighted by Gasteiger charge is 2.21. The maximum Gasteiger partial charge on any atom is 0.241 e. The molecule has 0 aliphatic carbocycles. The van der Waals surface area contributed by atoms with Crippen molar-refractivity contribution in [1.82, 2.24) is 5.32 Å². The lowest BCUT2D eigenvalue weighted by atomic mass is 9.99. The zero-order valence-corrected chi connectivity index (χ0v) is 15.9. The second kappa shape index (κ2) is 9.15. The number of anilines is 1.